The van der Waals surface area contributed by atoms with Crippen molar-refractivity contribution in [1.29, 1.82) is 0 Å². The Balaban J connectivity index is 1.57. The molecule has 5 aromatic rings. The van der Waals surface area contributed by atoms with E-state index in [-0.39, 0.29) is 11.2 Å². The van der Waals surface area contributed by atoms with E-state index in [1.54, 1.807) is 6.20 Å². The molecule has 0 bridgehead atoms. The Morgan fingerprint density at radius 1 is 0.714 bits per heavy atom. The second-order valence-corrected chi connectivity index (χ2v) is 10.2. The molecule has 5 heteroatoms. The van der Waals surface area contributed by atoms with Gasteiger partial charge in [0.05, 0.1) is 22.4 Å². The number of benzene rings is 3. The van der Waals surface area contributed by atoms with Gasteiger partial charge in [-0.3, -0.25) is 4.98 Å². The normalized spacial score (nSPS) is 16.7. The van der Waals surface area contributed by atoms with Crippen molar-refractivity contribution in [1.82, 2.24) is 9.97 Å². The second-order valence-electron chi connectivity index (χ2n) is 10.2. The first-order valence-corrected chi connectivity index (χ1v) is 12.0. The fourth-order valence-corrected chi connectivity index (χ4v) is 4.80. The van der Waals surface area contributed by atoms with Gasteiger partial charge in [0.2, 0.25) is 0 Å². The summed E-state index contributed by atoms with van der Waals surface area (Å²) in [7, 11) is -0.403. The van der Waals surface area contributed by atoms with E-state index in [9.17, 15) is 0 Å². The summed E-state index contributed by atoms with van der Waals surface area (Å²) in [6, 6.07) is 27.3. The van der Waals surface area contributed by atoms with Crippen LogP contribution in [0.1, 0.15) is 27.7 Å². The molecule has 1 aliphatic heterocycles. The third kappa shape index (κ3) is 3.63. The largest absolute Gasteiger partial charge is 0.494 e. The maximum atomic E-state index is 6.34. The lowest BCUT2D eigenvalue weighted by molar-refractivity contribution is 0.00578. The van der Waals surface area contributed by atoms with Crippen molar-refractivity contribution in [2.45, 2.75) is 38.9 Å². The molecule has 172 valence electrons. The average Bonchev–Trinajstić information content (AvgIpc) is 3.10. The molecular formula is C30H27BN2O2. The van der Waals surface area contributed by atoms with E-state index in [0.29, 0.717) is 0 Å². The molecule has 2 aromatic heterocycles. The molecule has 0 radical (unpaired) electrons. The van der Waals surface area contributed by atoms with E-state index in [0.717, 1.165) is 44.1 Å². The fraction of sp³-hybridized carbons (Fsp3) is 0.200. The Morgan fingerprint density at radius 3 is 2.20 bits per heavy atom. The number of para-hydroxylation sites is 1. The number of hydrogen-bond acceptors (Lipinski definition) is 4. The van der Waals surface area contributed by atoms with Gasteiger partial charge >= 0.3 is 7.12 Å². The first kappa shape index (κ1) is 22.0. The average molecular weight is 458 g/mol. The van der Waals surface area contributed by atoms with Crippen LogP contribution in [0.3, 0.4) is 0 Å². The summed E-state index contributed by atoms with van der Waals surface area (Å²) in [6.45, 7) is 8.34. The minimum Gasteiger partial charge on any atom is -0.399 e. The summed E-state index contributed by atoms with van der Waals surface area (Å²) in [4.78, 5) is 9.38. The molecule has 0 aliphatic carbocycles. The van der Waals surface area contributed by atoms with E-state index in [4.69, 9.17) is 14.3 Å². The molecule has 1 aliphatic rings. The fourth-order valence-electron chi connectivity index (χ4n) is 4.80. The molecule has 35 heavy (non-hydrogen) atoms. The van der Waals surface area contributed by atoms with Gasteiger partial charge in [0.25, 0.3) is 0 Å². The van der Waals surface area contributed by atoms with Crippen LogP contribution in [-0.2, 0) is 9.31 Å². The van der Waals surface area contributed by atoms with Crippen molar-refractivity contribution >= 4 is 34.3 Å². The van der Waals surface area contributed by atoms with Crippen LogP contribution in [0.15, 0.2) is 91.3 Å². The number of nitrogens with zero attached hydrogens (tertiary/aromatic N) is 2. The molecule has 0 saturated carbocycles. The maximum absolute atomic E-state index is 6.34. The van der Waals surface area contributed by atoms with Crippen molar-refractivity contribution in [2.24, 2.45) is 0 Å². The highest BCUT2D eigenvalue weighted by molar-refractivity contribution is 6.62. The van der Waals surface area contributed by atoms with Gasteiger partial charge in [0, 0.05) is 34.1 Å². The van der Waals surface area contributed by atoms with Gasteiger partial charge in [0.15, 0.2) is 0 Å². The Labute approximate surface area is 206 Å². The van der Waals surface area contributed by atoms with E-state index in [2.05, 4.69) is 99.4 Å². The Hall–Kier alpha value is -3.54. The van der Waals surface area contributed by atoms with Crippen molar-refractivity contribution in [3.63, 3.8) is 0 Å². The van der Waals surface area contributed by atoms with E-state index in [1.807, 2.05) is 18.3 Å². The quantitative estimate of drug-likeness (QED) is 0.231. The summed E-state index contributed by atoms with van der Waals surface area (Å²) in [5, 5.41) is 3.42. The summed E-state index contributed by atoms with van der Waals surface area (Å²) < 4.78 is 12.7. The van der Waals surface area contributed by atoms with Crippen LogP contribution in [0.5, 0.6) is 0 Å². The van der Waals surface area contributed by atoms with Crippen LogP contribution in [0, 0.1) is 0 Å². The number of fused-ring (bicyclic) bond motifs is 3. The third-order valence-corrected chi connectivity index (χ3v) is 7.38. The van der Waals surface area contributed by atoms with E-state index >= 15 is 0 Å². The zero-order valence-corrected chi connectivity index (χ0v) is 20.4. The minimum absolute atomic E-state index is 0.381. The SMILES string of the molecule is CC1(C)OB(c2cccc(-c3cccc4c(-c5cccnc5)nc5ccccc5c34)c2)OC1(C)C. The summed E-state index contributed by atoms with van der Waals surface area (Å²) >= 11 is 0. The Bertz CT molecular complexity index is 1550. The summed E-state index contributed by atoms with van der Waals surface area (Å²) in [5.41, 5.74) is 5.45. The highest BCUT2D eigenvalue weighted by Crippen LogP contribution is 2.39. The van der Waals surface area contributed by atoms with Gasteiger partial charge in [0.1, 0.15) is 0 Å². The predicted octanol–water partition coefficient (Wildman–Crippen LogP) is 6.42. The molecule has 0 amide bonds. The minimum atomic E-state index is -0.403. The van der Waals surface area contributed by atoms with E-state index < -0.39 is 7.12 Å². The van der Waals surface area contributed by atoms with Gasteiger partial charge in [-0.15, -0.1) is 0 Å². The lowest BCUT2D eigenvalue weighted by Gasteiger charge is -2.32. The smallest absolute Gasteiger partial charge is 0.399 e. The predicted molar refractivity (Wildman–Crippen MR) is 144 cm³/mol. The maximum Gasteiger partial charge on any atom is 0.494 e. The Morgan fingerprint density at radius 2 is 1.43 bits per heavy atom. The Kier molecular flexibility index (Phi) is 5.03. The second kappa shape index (κ2) is 8.01. The topological polar surface area (TPSA) is 44.2 Å². The first-order chi connectivity index (χ1) is 16.8. The molecule has 1 fully saturated rings. The van der Waals surface area contributed by atoms with Gasteiger partial charge < -0.3 is 9.31 Å². The van der Waals surface area contributed by atoms with Crippen molar-refractivity contribution in [2.75, 3.05) is 0 Å². The molecule has 0 N–H and O–H groups in total. The van der Waals surface area contributed by atoms with E-state index in [1.165, 1.54) is 5.39 Å². The molecule has 0 unspecified atom stereocenters. The lowest BCUT2D eigenvalue weighted by atomic mass is 9.77. The van der Waals surface area contributed by atoms with Gasteiger partial charge in [-0.25, -0.2) is 4.98 Å². The van der Waals surface area contributed by atoms with Crippen LogP contribution in [-0.4, -0.2) is 28.3 Å². The van der Waals surface area contributed by atoms with Crippen LogP contribution in [0.4, 0.5) is 0 Å². The van der Waals surface area contributed by atoms with Gasteiger partial charge in [-0.05, 0) is 62.5 Å². The monoisotopic (exact) mass is 458 g/mol. The summed E-state index contributed by atoms with van der Waals surface area (Å²) in [6.07, 6.45) is 3.67. The van der Waals surface area contributed by atoms with Crippen LogP contribution in [0.25, 0.3) is 44.1 Å². The van der Waals surface area contributed by atoms with Crippen molar-refractivity contribution in [3.8, 4) is 22.4 Å². The highest BCUT2D eigenvalue weighted by atomic mass is 16.7. The molecule has 0 atom stereocenters. The molecule has 6 rings (SSSR count). The number of pyridine rings is 2. The van der Waals surface area contributed by atoms with Gasteiger partial charge in [-0.1, -0.05) is 60.7 Å². The third-order valence-electron chi connectivity index (χ3n) is 7.38. The standard InChI is InChI=1S/C30H27BN2O2/c1-29(2)30(3,4)35-31(34-29)22-12-7-10-20(18-22)23-14-8-15-25-27(23)24-13-5-6-16-26(24)33-28(25)21-11-9-17-32-19-21/h5-19H,1-4H3. The van der Waals surface area contributed by atoms with Gasteiger partial charge in [-0.2, -0.15) is 0 Å². The zero-order chi connectivity index (χ0) is 24.2. The molecule has 3 aromatic carbocycles. The van der Waals surface area contributed by atoms with Crippen LogP contribution in [0.2, 0.25) is 0 Å². The molecule has 3 heterocycles. The number of rotatable bonds is 3. The first-order valence-electron chi connectivity index (χ1n) is 12.0. The van der Waals surface area contributed by atoms with Crippen LogP contribution >= 0.6 is 0 Å². The molecule has 0 spiro atoms. The number of aromatic nitrogens is 2. The van der Waals surface area contributed by atoms with Crippen LogP contribution < -0.4 is 5.46 Å². The zero-order valence-electron chi connectivity index (χ0n) is 20.4. The molecular weight excluding hydrogens is 431 g/mol. The highest BCUT2D eigenvalue weighted by Gasteiger charge is 2.51. The molecule has 4 nitrogen and oxygen atoms in total. The lowest BCUT2D eigenvalue weighted by Crippen LogP contribution is -2.41. The van der Waals surface area contributed by atoms with Crippen molar-refractivity contribution < 1.29 is 9.31 Å². The van der Waals surface area contributed by atoms with Crippen molar-refractivity contribution in [3.05, 3.63) is 91.3 Å². The molecule has 1 saturated heterocycles. The number of hydrogen-bond donors (Lipinski definition) is 0. The summed E-state index contributed by atoms with van der Waals surface area (Å²) in [5.74, 6) is 0.